The highest BCUT2D eigenvalue weighted by atomic mass is 16.5. The van der Waals surface area contributed by atoms with E-state index in [0.29, 0.717) is 18.8 Å². The second-order valence-electron chi connectivity index (χ2n) is 3.72. The molecule has 0 saturated heterocycles. The summed E-state index contributed by atoms with van der Waals surface area (Å²) in [6, 6.07) is 7.26. The van der Waals surface area contributed by atoms with E-state index in [-0.39, 0.29) is 6.54 Å². The number of nitrogens with two attached hydrogens (primary N) is 1. The van der Waals surface area contributed by atoms with Gasteiger partial charge < -0.3 is 20.5 Å². The molecule has 0 spiro atoms. The Morgan fingerprint density at radius 3 is 2.76 bits per heavy atom. The van der Waals surface area contributed by atoms with Crippen LogP contribution in [-0.4, -0.2) is 37.9 Å². The topological polar surface area (TPSA) is 75.8 Å². The minimum absolute atomic E-state index is 0.0576. The van der Waals surface area contributed by atoms with E-state index in [1.165, 1.54) is 0 Å². The highest BCUT2D eigenvalue weighted by Crippen LogP contribution is 2.22. The summed E-state index contributed by atoms with van der Waals surface area (Å²) in [5, 5.41) is 8.88. The number of anilines is 2. The van der Waals surface area contributed by atoms with Crippen molar-refractivity contribution < 1.29 is 14.6 Å². The Bertz CT molecular complexity index is 369. The first-order valence-corrected chi connectivity index (χ1v) is 5.45. The van der Waals surface area contributed by atoms with Gasteiger partial charge in [0.15, 0.2) is 0 Å². The SMILES string of the molecule is COCCCN(CC(=O)O)c1ccccc1N. The summed E-state index contributed by atoms with van der Waals surface area (Å²) in [7, 11) is 1.62. The van der Waals surface area contributed by atoms with Crippen LogP contribution < -0.4 is 10.6 Å². The van der Waals surface area contributed by atoms with E-state index in [0.717, 1.165) is 12.1 Å². The van der Waals surface area contributed by atoms with Crippen molar-refractivity contribution in [3.8, 4) is 0 Å². The third kappa shape index (κ3) is 4.32. The van der Waals surface area contributed by atoms with Crippen LogP contribution in [0.3, 0.4) is 0 Å². The van der Waals surface area contributed by atoms with Gasteiger partial charge in [-0.05, 0) is 18.6 Å². The number of para-hydroxylation sites is 2. The Hall–Kier alpha value is -1.75. The van der Waals surface area contributed by atoms with Gasteiger partial charge in [0.2, 0.25) is 0 Å². The first-order chi connectivity index (χ1) is 8.15. The summed E-state index contributed by atoms with van der Waals surface area (Å²) >= 11 is 0. The average molecular weight is 238 g/mol. The lowest BCUT2D eigenvalue weighted by Crippen LogP contribution is -2.31. The minimum atomic E-state index is -0.870. The number of methoxy groups -OCH3 is 1. The van der Waals surface area contributed by atoms with Gasteiger partial charge in [-0.2, -0.15) is 0 Å². The Balaban J connectivity index is 2.75. The number of hydrogen-bond acceptors (Lipinski definition) is 4. The lowest BCUT2D eigenvalue weighted by atomic mass is 10.2. The Morgan fingerprint density at radius 1 is 1.47 bits per heavy atom. The van der Waals surface area contributed by atoms with E-state index in [1.54, 1.807) is 18.1 Å². The lowest BCUT2D eigenvalue weighted by molar-refractivity contribution is -0.135. The van der Waals surface area contributed by atoms with Crippen molar-refractivity contribution in [3.63, 3.8) is 0 Å². The van der Waals surface area contributed by atoms with Crippen LogP contribution in [0.25, 0.3) is 0 Å². The highest BCUT2D eigenvalue weighted by molar-refractivity contribution is 5.77. The van der Waals surface area contributed by atoms with Gasteiger partial charge >= 0.3 is 5.97 Å². The van der Waals surface area contributed by atoms with Crippen LogP contribution in [0, 0.1) is 0 Å². The highest BCUT2D eigenvalue weighted by Gasteiger charge is 2.12. The Labute approximate surface area is 101 Å². The first-order valence-electron chi connectivity index (χ1n) is 5.45. The Morgan fingerprint density at radius 2 is 2.18 bits per heavy atom. The summed E-state index contributed by atoms with van der Waals surface area (Å²) in [5.74, 6) is -0.870. The van der Waals surface area contributed by atoms with Crippen LogP contribution in [0.2, 0.25) is 0 Å². The molecule has 0 aliphatic carbocycles. The molecule has 5 nitrogen and oxygen atoms in total. The molecule has 17 heavy (non-hydrogen) atoms. The van der Waals surface area contributed by atoms with E-state index in [9.17, 15) is 4.79 Å². The maximum absolute atomic E-state index is 10.8. The van der Waals surface area contributed by atoms with Crippen molar-refractivity contribution in [2.24, 2.45) is 0 Å². The zero-order chi connectivity index (χ0) is 12.7. The van der Waals surface area contributed by atoms with Crippen LogP contribution >= 0.6 is 0 Å². The number of carbonyl (C=O) groups is 1. The van der Waals surface area contributed by atoms with Crippen LogP contribution in [-0.2, 0) is 9.53 Å². The number of aliphatic carboxylic acids is 1. The fourth-order valence-electron chi connectivity index (χ4n) is 1.62. The molecule has 5 heteroatoms. The van der Waals surface area contributed by atoms with Crippen molar-refractivity contribution in [1.82, 2.24) is 0 Å². The molecule has 0 fully saturated rings. The summed E-state index contributed by atoms with van der Waals surface area (Å²) in [6.45, 7) is 1.15. The van der Waals surface area contributed by atoms with Crippen molar-refractivity contribution in [2.45, 2.75) is 6.42 Å². The summed E-state index contributed by atoms with van der Waals surface area (Å²) in [4.78, 5) is 12.6. The van der Waals surface area contributed by atoms with E-state index in [4.69, 9.17) is 15.6 Å². The molecule has 1 aromatic rings. The van der Waals surface area contributed by atoms with Crippen LogP contribution in [0.1, 0.15) is 6.42 Å². The smallest absolute Gasteiger partial charge is 0.323 e. The molecule has 0 unspecified atom stereocenters. The summed E-state index contributed by atoms with van der Waals surface area (Å²) < 4.78 is 4.96. The van der Waals surface area contributed by atoms with Gasteiger partial charge in [0.25, 0.3) is 0 Å². The fourth-order valence-corrected chi connectivity index (χ4v) is 1.62. The quantitative estimate of drug-likeness (QED) is 0.551. The van der Waals surface area contributed by atoms with Crippen molar-refractivity contribution in [3.05, 3.63) is 24.3 Å². The molecule has 1 aromatic carbocycles. The molecule has 0 saturated carbocycles. The third-order valence-electron chi connectivity index (χ3n) is 2.38. The van der Waals surface area contributed by atoms with Gasteiger partial charge in [-0.3, -0.25) is 4.79 Å². The predicted molar refractivity (Wildman–Crippen MR) is 67.2 cm³/mol. The predicted octanol–water partition coefficient (Wildman–Crippen LogP) is 1.20. The van der Waals surface area contributed by atoms with Crippen LogP contribution in [0.15, 0.2) is 24.3 Å². The maximum atomic E-state index is 10.8. The summed E-state index contributed by atoms with van der Waals surface area (Å²) in [5.41, 5.74) is 7.18. The fraction of sp³-hybridized carbons (Fsp3) is 0.417. The second kappa shape index (κ2) is 6.75. The lowest BCUT2D eigenvalue weighted by Gasteiger charge is -2.24. The largest absolute Gasteiger partial charge is 0.480 e. The maximum Gasteiger partial charge on any atom is 0.323 e. The number of carboxylic acids is 1. The van der Waals surface area contributed by atoms with E-state index >= 15 is 0 Å². The van der Waals surface area contributed by atoms with Gasteiger partial charge in [-0.1, -0.05) is 12.1 Å². The number of benzene rings is 1. The molecule has 0 radical (unpaired) electrons. The average Bonchev–Trinajstić information content (AvgIpc) is 2.28. The van der Waals surface area contributed by atoms with Crippen molar-refractivity contribution >= 4 is 17.3 Å². The molecule has 0 heterocycles. The third-order valence-corrected chi connectivity index (χ3v) is 2.38. The molecule has 0 aliphatic heterocycles. The standard InChI is InChI=1S/C12H18N2O3/c1-17-8-4-7-14(9-12(15)16)11-6-3-2-5-10(11)13/h2-3,5-6H,4,7-9,13H2,1H3,(H,15,16). The van der Waals surface area contributed by atoms with Gasteiger partial charge in [-0.25, -0.2) is 0 Å². The normalized spacial score (nSPS) is 10.2. The second-order valence-corrected chi connectivity index (χ2v) is 3.72. The Kier molecular flexibility index (Phi) is 5.29. The zero-order valence-electron chi connectivity index (χ0n) is 9.93. The monoisotopic (exact) mass is 238 g/mol. The first kappa shape index (κ1) is 13.3. The molecule has 0 aromatic heterocycles. The molecule has 1 rings (SSSR count). The molecule has 94 valence electrons. The van der Waals surface area contributed by atoms with Crippen LogP contribution in [0.5, 0.6) is 0 Å². The van der Waals surface area contributed by atoms with Gasteiger partial charge in [0.1, 0.15) is 6.54 Å². The summed E-state index contributed by atoms with van der Waals surface area (Å²) in [6.07, 6.45) is 0.762. The van der Waals surface area contributed by atoms with Crippen molar-refractivity contribution in [1.29, 1.82) is 0 Å². The molecular weight excluding hydrogens is 220 g/mol. The van der Waals surface area contributed by atoms with Gasteiger partial charge in [-0.15, -0.1) is 0 Å². The molecule has 0 amide bonds. The van der Waals surface area contributed by atoms with E-state index in [1.807, 2.05) is 18.2 Å². The number of rotatable bonds is 7. The van der Waals surface area contributed by atoms with Gasteiger partial charge in [0.05, 0.1) is 11.4 Å². The van der Waals surface area contributed by atoms with E-state index < -0.39 is 5.97 Å². The van der Waals surface area contributed by atoms with Gasteiger partial charge in [0, 0.05) is 20.3 Å². The molecule has 0 aliphatic rings. The number of carboxylic acid groups (broad SMARTS) is 1. The van der Waals surface area contributed by atoms with Crippen LogP contribution in [0.4, 0.5) is 11.4 Å². The zero-order valence-corrected chi connectivity index (χ0v) is 9.93. The molecular formula is C12H18N2O3. The number of ether oxygens (including phenoxy) is 1. The number of nitrogen functional groups attached to an aromatic ring is 1. The number of hydrogen-bond donors (Lipinski definition) is 2. The molecule has 3 N–H and O–H groups in total. The molecule has 0 bridgehead atoms. The van der Waals surface area contributed by atoms with E-state index in [2.05, 4.69) is 0 Å². The minimum Gasteiger partial charge on any atom is -0.480 e. The molecule has 0 atom stereocenters. The van der Waals surface area contributed by atoms with Crippen molar-refractivity contribution in [2.75, 3.05) is 37.4 Å². The number of nitrogens with zero attached hydrogens (tertiary/aromatic N) is 1.